The summed E-state index contributed by atoms with van der Waals surface area (Å²) in [5.41, 5.74) is -0.470. The van der Waals surface area contributed by atoms with Gasteiger partial charge in [-0.1, -0.05) is 19.8 Å². The molecule has 1 saturated carbocycles. The van der Waals surface area contributed by atoms with E-state index in [4.69, 9.17) is 0 Å². The van der Waals surface area contributed by atoms with Crippen LogP contribution < -0.4 is 5.32 Å². The zero-order valence-corrected chi connectivity index (χ0v) is 12.1. The third-order valence-corrected chi connectivity index (χ3v) is 4.00. The quantitative estimate of drug-likeness (QED) is 0.647. The molecule has 1 aliphatic rings. The van der Waals surface area contributed by atoms with E-state index in [1.54, 1.807) is 0 Å². The van der Waals surface area contributed by atoms with Gasteiger partial charge >= 0.3 is 0 Å². The van der Waals surface area contributed by atoms with E-state index in [1.165, 1.54) is 12.1 Å². The molecule has 0 aliphatic heterocycles. The van der Waals surface area contributed by atoms with Crippen molar-refractivity contribution in [2.24, 2.45) is 5.92 Å². The molecule has 0 spiro atoms. The lowest BCUT2D eigenvalue weighted by atomic mass is 9.79. The molecule has 1 aromatic rings. The number of nitrogens with zero attached hydrogens (tertiary/aromatic N) is 1. The maximum Gasteiger partial charge on any atom is 0.272 e. The zero-order chi connectivity index (χ0) is 15.5. The second-order valence-electron chi connectivity index (χ2n) is 6.10. The van der Waals surface area contributed by atoms with Crippen LogP contribution in [0.3, 0.4) is 0 Å². The van der Waals surface area contributed by atoms with Gasteiger partial charge in [0, 0.05) is 19.2 Å². The molecular formula is C15H21FN2O3. The monoisotopic (exact) mass is 296 g/mol. The normalized spacial score (nSPS) is 25.8. The van der Waals surface area contributed by atoms with E-state index >= 15 is 0 Å². The molecule has 2 rings (SSSR count). The Morgan fingerprint density at radius 2 is 2.29 bits per heavy atom. The lowest BCUT2D eigenvalue weighted by Gasteiger charge is -2.35. The fourth-order valence-corrected chi connectivity index (χ4v) is 3.07. The number of aliphatic hydroxyl groups is 1. The van der Waals surface area contributed by atoms with E-state index in [2.05, 4.69) is 12.2 Å². The molecule has 2 N–H and O–H groups in total. The first-order chi connectivity index (χ1) is 9.88. The van der Waals surface area contributed by atoms with Gasteiger partial charge in [-0.25, -0.2) is 4.39 Å². The minimum atomic E-state index is -0.725. The number of benzene rings is 1. The molecule has 5 nitrogen and oxygen atoms in total. The van der Waals surface area contributed by atoms with Crippen molar-refractivity contribution in [1.82, 2.24) is 5.32 Å². The number of nitrogens with one attached hydrogen (secondary N) is 1. The molecule has 0 amide bonds. The third kappa shape index (κ3) is 4.47. The zero-order valence-electron chi connectivity index (χ0n) is 12.1. The van der Waals surface area contributed by atoms with Crippen LogP contribution in [0.5, 0.6) is 0 Å². The SMILES string of the molecule is CC1CCCC(O)(CNCc2cc(F)cc([N+](=O)[O-])c2)C1. The van der Waals surface area contributed by atoms with Crippen LogP contribution in [0, 0.1) is 21.8 Å². The molecular weight excluding hydrogens is 275 g/mol. The summed E-state index contributed by atoms with van der Waals surface area (Å²) in [5, 5.41) is 24.3. The molecule has 0 bridgehead atoms. The smallest absolute Gasteiger partial charge is 0.272 e. The van der Waals surface area contributed by atoms with Crippen LogP contribution in [-0.4, -0.2) is 22.2 Å². The van der Waals surface area contributed by atoms with Crippen molar-refractivity contribution in [3.8, 4) is 0 Å². The Hall–Kier alpha value is -1.53. The first-order valence-electron chi connectivity index (χ1n) is 7.25. The standard InChI is InChI=1S/C15H21FN2O3/c1-11-3-2-4-15(19,8-11)10-17-9-12-5-13(16)7-14(6-12)18(20)21/h5-7,11,17,19H,2-4,8-10H2,1H3. The van der Waals surface area contributed by atoms with Crippen LogP contribution in [0.1, 0.15) is 38.2 Å². The molecule has 2 unspecified atom stereocenters. The molecule has 21 heavy (non-hydrogen) atoms. The van der Waals surface area contributed by atoms with Gasteiger partial charge in [0.25, 0.3) is 5.69 Å². The van der Waals surface area contributed by atoms with Gasteiger partial charge in [-0.3, -0.25) is 10.1 Å². The Morgan fingerprint density at radius 3 is 2.95 bits per heavy atom. The van der Waals surface area contributed by atoms with E-state index in [1.807, 2.05) is 0 Å². The fourth-order valence-electron chi connectivity index (χ4n) is 3.07. The Labute approximate surface area is 123 Å². The highest BCUT2D eigenvalue weighted by Crippen LogP contribution is 2.31. The van der Waals surface area contributed by atoms with Crippen LogP contribution in [0.25, 0.3) is 0 Å². The van der Waals surface area contributed by atoms with E-state index in [-0.39, 0.29) is 5.69 Å². The van der Waals surface area contributed by atoms with Crippen LogP contribution in [0.2, 0.25) is 0 Å². The maximum atomic E-state index is 13.3. The van der Waals surface area contributed by atoms with E-state index in [9.17, 15) is 19.6 Å². The molecule has 0 saturated heterocycles. The number of hydrogen-bond donors (Lipinski definition) is 2. The van der Waals surface area contributed by atoms with Gasteiger partial charge in [-0.2, -0.15) is 0 Å². The first-order valence-corrected chi connectivity index (χ1v) is 7.25. The number of nitro groups is 1. The summed E-state index contributed by atoms with van der Waals surface area (Å²) >= 11 is 0. The molecule has 6 heteroatoms. The average Bonchev–Trinajstić information content (AvgIpc) is 2.37. The predicted octanol–water partition coefficient (Wildman–Crippen LogP) is 2.76. The molecule has 2 atom stereocenters. The summed E-state index contributed by atoms with van der Waals surface area (Å²) < 4.78 is 13.3. The Bertz CT molecular complexity index is 524. The van der Waals surface area contributed by atoms with Crippen molar-refractivity contribution in [3.63, 3.8) is 0 Å². The molecule has 0 aromatic heterocycles. The second-order valence-corrected chi connectivity index (χ2v) is 6.10. The number of hydrogen-bond acceptors (Lipinski definition) is 4. The molecule has 0 heterocycles. The number of rotatable bonds is 5. The third-order valence-electron chi connectivity index (χ3n) is 4.00. The highest BCUT2D eigenvalue weighted by Gasteiger charge is 2.32. The molecule has 1 aliphatic carbocycles. The van der Waals surface area contributed by atoms with E-state index in [0.717, 1.165) is 31.7 Å². The van der Waals surface area contributed by atoms with Crippen LogP contribution in [0.4, 0.5) is 10.1 Å². The Balaban J connectivity index is 1.92. The number of nitro benzene ring substituents is 1. The summed E-state index contributed by atoms with van der Waals surface area (Å²) in [6, 6.07) is 3.52. The molecule has 116 valence electrons. The lowest BCUT2D eigenvalue weighted by molar-refractivity contribution is -0.385. The van der Waals surface area contributed by atoms with Crippen molar-refractivity contribution in [2.45, 2.75) is 44.8 Å². The Morgan fingerprint density at radius 1 is 1.52 bits per heavy atom. The summed E-state index contributed by atoms with van der Waals surface area (Å²) in [6.45, 7) is 2.84. The molecule has 1 aromatic carbocycles. The van der Waals surface area contributed by atoms with Gasteiger partial charge in [0.1, 0.15) is 5.82 Å². The number of halogens is 1. The number of non-ortho nitro benzene ring substituents is 1. The topological polar surface area (TPSA) is 75.4 Å². The summed E-state index contributed by atoms with van der Waals surface area (Å²) in [5.74, 6) is -0.119. The lowest BCUT2D eigenvalue weighted by Crippen LogP contribution is -2.43. The largest absolute Gasteiger partial charge is 0.389 e. The van der Waals surface area contributed by atoms with Crippen molar-refractivity contribution < 1.29 is 14.4 Å². The van der Waals surface area contributed by atoms with Gasteiger partial charge in [-0.15, -0.1) is 0 Å². The van der Waals surface area contributed by atoms with Crippen LogP contribution >= 0.6 is 0 Å². The highest BCUT2D eigenvalue weighted by atomic mass is 19.1. The second kappa shape index (κ2) is 6.49. The first kappa shape index (κ1) is 15.9. The van der Waals surface area contributed by atoms with Crippen molar-refractivity contribution in [2.75, 3.05) is 6.54 Å². The summed E-state index contributed by atoms with van der Waals surface area (Å²) in [7, 11) is 0. The van der Waals surface area contributed by atoms with Crippen molar-refractivity contribution in [1.29, 1.82) is 0 Å². The van der Waals surface area contributed by atoms with Gasteiger partial charge in [0.15, 0.2) is 0 Å². The van der Waals surface area contributed by atoms with Crippen molar-refractivity contribution >= 4 is 5.69 Å². The Kier molecular flexibility index (Phi) is 4.90. The van der Waals surface area contributed by atoms with E-state index < -0.39 is 16.3 Å². The molecule has 0 radical (unpaired) electrons. The highest BCUT2D eigenvalue weighted by molar-refractivity contribution is 5.35. The predicted molar refractivity (Wildman–Crippen MR) is 77.3 cm³/mol. The van der Waals surface area contributed by atoms with Crippen LogP contribution in [-0.2, 0) is 6.54 Å². The molecule has 1 fully saturated rings. The summed E-state index contributed by atoms with van der Waals surface area (Å²) in [6.07, 6.45) is 3.65. The minimum absolute atomic E-state index is 0.253. The van der Waals surface area contributed by atoms with Gasteiger partial charge in [-0.05, 0) is 30.4 Å². The van der Waals surface area contributed by atoms with Gasteiger partial charge in [0.2, 0.25) is 0 Å². The van der Waals surface area contributed by atoms with Gasteiger partial charge < -0.3 is 10.4 Å². The summed E-state index contributed by atoms with van der Waals surface area (Å²) in [4.78, 5) is 10.1. The minimum Gasteiger partial charge on any atom is -0.389 e. The van der Waals surface area contributed by atoms with Crippen LogP contribution in [0.15, 0.2) is 18.2 Å². The van der Waals surface area contributed by atoms with E-state index in [0.29, 0.717) is 24.6 Å². The average molecular weight is 296 g/mol. The van der Waals surface area contributed by atoms with Gasteiger partial charge in [0.05, 0.1) is 16.6 Å². The van der Waals surface area contributed by atoms with Crippen molar-refractivity contribution in [3.05, 3.63) is 39.7 Å². The maximum absolute atomic E-state index is 13.3. The fraction of sp³-hybridized carbons (Fsp3) is 0.600.